The third kappa shape index (κ3) is 2.96. The highest BCUT2D eigenvalue weighted by molar-refractivity contribution is 5.86. The number of para-hydroxylation sites is 1. The highest BCUT2D eigenvalue weighted by Gasteiger charge is 2.30. The van der Waals surface area contributed by atoms with E-state index in [0.29, 0.717) is 13.2 Å². The van der Waals surface area contributed by atoms with Crippen molar-refractivity contribution in [1.29, 1.82) is 0 Å². The number of aromatic nitrogens is 1. The van der Waals surface area contributed by atoms with Gasteiger partial charge >= 0.3 is 0 Å². The second-order valence-corrected chi connectivity index (χ2v) is 6.05. The predicted molar refractivity (Wildman–Crippen MR) is 85.5 cm³/mol. The molecule has 3 rings (SSSR count). The van der Waals surface area contributed by atoms with Crippen LogP contribution in [0.1, 0.15) is 19.4 Å². The molecule has 1 atom stereocenters. The smallest absolute Gasteiger partial charge is 0.251 e. The van der Waals surface area contributed by atoms with Gasteiger partial charge in [0.2, 0.25) is 0 Å². The normalized spacial score (nSPS) is 19.1. The summed E-state index contributed by atoms with van der Waals surface area (Å²) < 4.78 is 5.52. The monoisotopic (exact) mass is 299 g/mol. The Hall–Kier alpha value is -1.98. The van der Waals surface area contributed by atoms with Crippen molar-refractivity contribution in [2.24, 2.45) is 0 Å². The van der Waals surface area contributed by atoms with E-state index in [4.69, 9.17) is 4.74 Å². The maximum Gasteiger partial charge on any atom is 0.251 e. The number of hydrogen-bond donors (Lipinski definition) is 2. The third-order valence-corrected chi connectivity index (χ3v) is 3.98. The number of morpholine rings is 1. The van der Waals surface area contributed by atoms with E-state index in [1.165, 1.54) is 0 Å². The Morgan fingerprint density at radius 2 is 2.18 bits per heavy atom. The van der Waals surface area contributed by atoms with Crippen LogP contribution in [0.2, 0.25) is 0 Å². The summed E-state index contributed by atoms with van der Waals surface area (Å²) in [7, 11) is 0. The Morgan fingerprint density at radius 3 is 2.95 bits per heavy atom. The number of fused-ring (bicyclic) bond motifs is 1. The largest absolute Gasteiger partial charge is 0.366 e. The van der Waals surface area contributed by atoms with E-state index in [9.17, 15) is 4.79 Å². The van der Waals surface area contributed by atoms with Crippen molar-refractivity contribution in [2.45, 2.75) is 25.5 Å². The minimum absolute atomic E-state index is 0.0851. The molecule has 1 saturated heterocycles. The lowest BCUT2D eigenvalue weighted by Gasteiger charge is -2.31. The van der Waals surface area contributed by atoms with Gasteiger partial charge in [0.05, 0.1) is 17.7 Å². The van der Waals surface area contributed by atoms with Gasteiger partial charge in [0.1, 0.15) is 6.10 Å². The van der Waals surface area contributed by atoms with Gasteiger partial charge in [0.25, 0.3) is 5.91 Å². The molecule has 0 spiro atoms. The fraction of sp³-hybridized carbons (Fsp3) is 0.412. The number of benzene rings is 1. The van der Waals surface area contributed by atoms with E-state index in [-0.39, 0.29) is 5.91 Å². The molecule has 1 aliphatic heterocycles. The van der Waals surface area contributed by atoms with Gasteiger partial charge in [0, 0.05) is 24.7 Å². The second kappa shape index (κ2) is 6.02. The molecular formula is C17H21N3O2. The van der Waals surface area contributed by atoms with Crippen molar-refractivity contribution in [3.63, 3.8) is 0 Å². The highest BCUT2D eigenvalue weighted by Crippen LogP contribution is 2.27. The van der Waals surface area contributed by atoms with Crippen molar-refractivity contribution >= 4 is 16.8 Å². The summed E-state index contributed by atoms with van der Waals surface area (Å²) in [6.07, 6.45) is 1.35. The Balaban J connectivity index is 1.86. The molecule has 1 fully saturated rings. The molecule has 5 heteroatoms. The molecule has 22 heavy (non-hydrogen) atoms. The average Bonchev–Trinajstić information content (AvgIpc) is 2.54. The lowest BCUT2D eigenvalue weighted by molar-refractivity contribution is -0.136. The van der Waals surface area contributed by atoms with Gasteiger partial charge in [-0.3, -0.25) is 9.78 Å². The lowest BCUT2D eigenvalue weighted by atomic mass is 9.91. The molecule has 0 aliphatic carbocycles. The molecule has 0 radical (unpaired) electrons. The van der Waals surface area contributed by atoms with Gasteiger partial charge < -0.3 is 15.4 Å². The first kappa shape index (κ1) is 14.9. The molecule has 2 aromatic rings. The Morgan fingerprint density at radius 1 is 1.36 bits per heavy atom. The number of carbonyl (C=O) groups is 1. The molecular weight excluding hydrogens is 278 g/mol. The van der Waals surface area contributed by atoms with Gasteiger partial charge in [-0.1, -0.05) is 18.2 Å². The van der Waals surface area contributed by atoms with E-state index in [1.807, 2.05) is 44.2 Å². The minimum atomic E-state index is -0.500. The van der Waals surface area contributed by atoms with Crippen LogP contribution >= 0.6 is 0 Å². The van der Waals surface area contributed by atoms with Crippen molar-refractivity contribution in [1.82, 2.24) is 15.6 Å². The van der Waals surface area contributed by atoms with Crippen LogP contribution in [0.25, 0.3) is 10.9 Å². The van der Waals surface area contributed by atoms with Crippen LogP contribution in [0.4, 0.5) is 0 Å². The molecule has 0 unspecified atom stereocenters. The molecule has 2 N–H and O–H groups in total. The zero-order valence-corrected chi connectivity index (χ0v) is 12.9. The molecule has 0 bridgehead atoms. The fourth-order valence-electron chi connectivity index (χ4n) is 2.83. The van der Waals surface area contributed by atoms with Crippen molar-refractivity contribution < 1.29 is 9.53 Å². The summed E-state index contributed by atoms with van der Waals surface area (Å²) >= 11 is 0. The van der Waals surface area contributed by atoms with E-state index in [2.05, 4.69) is 15.6 Å². The van der Waals surface area contributed by atoms with E-state index in [0.717, 1.165) is 23.0 Å². The Labute approximate surface area is 130 Å². The first-order valence-corrected chi connectivity index (χ1v) is 7.56. The molecule has 0 saturated carbocycles. The third-order valence-electron chi connectivity index (χ3n) is 3.98. The van der Waals surface area contributed by atoms with Crippen LogP contribution in [0.5, 0.6) is 0 Å². The van der Waals surface area contributed by atoms with Crippen LogP contribution in [0.15, 0.2) is 36.5 Å². The molecule has 5 nitrogen and oxygen atoms in total. The summed E-state index contributed by atoms with van der Waals surface area (Å²) in [4.78, 5) is 16.8. The minimum Gasteiger partial charge on any atom is -0.366 e. The standard InChI is InChI=1S/C17H21N3O2/c1-17(2,20-16(21)15-11-18-9-10-22-15)13-7-8-19-14-6-4-3-5-12(13)14/h3-8,15,18H,9-11H2,1-2H3,(H,20,21)/t15-/m1/s1. The van der Waals surface area contributed by atoms with Gasteiger partial charge in [-0.05, 0) is 31.5 Å². The molecule has 1 aromatic carbocycles. The van der Waals surface area contributed by atoms with E-state index in [1.54, 1.807) is 6.20 Å². The number of rotatable bonds is 3. The van der Waals surface area contributed by atoms with Crippen molar-refractivity contribution in [3.05, 3.63) is 42.1 Å². The van der Waals surface area contributed by atoms with Gasteiger partial charge in [0.15, 0.2) is 0 Å². The zero-order chi connectivity index (χ0) is 15.6. The summed E-state index contributed by atoms with van der Waals surface area (Å²) in [5.41, 5.74) is 1.48. The Kier molecular flexibility index (Phi) is 4.09. The van der Waals surface area contributed by atoms with Gasteiger partial charge in [-0.25, -0.2) is 0 Å². The van der Waals surface area contributed by atoms with E-state index >= 15 is 0 Å². The predicted octanol–water partition coefficient (Wildman–Crippen LogP) is 1.57. The topological polar surface area (TPSA) is 63.2 Å². The molecule has 1 aromatic heterocycles. The first-order valence-electron chi connectivity index (χ1n) is 7.56. The molecule has 116 valence electrons. The number of amides is 1. The van der Waals surface area contributed by atoms with Crippen LogP contribution in [0.3, 0.4) is 0 Å². The first-order chi connectivity index (χ1) is 10.6. The number of carbonyl (C=O) groups excluding carboxylic acids is 1. The number of pyridine rings is 1. The lowest BCUT2D eigenvalue weighted by Crippen LogP contribution is -2.52. The fourth-order valence-corrected chi connectivity index (χ4v) is 2.83. The summed E-state index contributed by atoms with van der Waals surface area (Å²) in [6.45, 7) is 5.92. The van der Waals surface area contributed by atoms with Gasteiger partial charge in [-0.15, -0.1) is 0 Å². The number of nitrogens with zero attached hydrogens (tertiary/aromatic N) is 1. The summed E-state index contributed by atoms with van der Waals surface area (Å²) in [5.74, 6) is -0.0851. The maximum atomic E-state index is 12.4. The number of ether oxygens (including phenoxy) is 1. The molecule has 2 heterocycles. The van der Waals surface area contributed by atoms with Crippen LogP contribution in [-0.2, 0) is 15.1 Å². The Bertz CT molecular complexity index is 673. The highest BCUT2D eigenvalue weighted by atomic mass is 16.5. The van der Waals surface area contributed by atoms with Crippen LogP contribution in [0, 0.1) is 0 Å². The number of hydrogen-bond acceptors (Lipinski definition) is 4. The average molecular weight is 299 g/mol. The van der Waals surface area contributed by atoms with Crippen molar-refractivity contribution in [3.8, 4) is 0 Å². The quantitative estimate of drug-likeness (QED) is 0.903. The van der Waals surface area contributed by atoms with Crippen LogP contribution in [-0.4, -0.2) is 36.7 Å². The SMILES string of the molecule is CC(C)(NC(=O)[C@H]1CNCCO1)c1ccnc2ccccc12. The van der Waals surface area contributed by atoms with E-state index < -0.39 is 11.6 Å². The van der Waals surface area contributed by atoms with Crippen molar-refractivity contribution in [2.75, 3.05) is 19.7 Å². The summed E-state index contributed by atoms with van der Waals surface area (Å²) in [6, 6.07) is 9.92. The maximum absolute atomic E-state index is 12.4. The van der Waals surface area contributed by atoms with Crippen LogP contribution < -0.4 is 10.6 Å². The van der Waals surface area contributed by atoms with Gasteiger partial charge in [-0.2, -0.15) is 0 Å². The second-order valence-electron chi connectivity index (χ2n) is 6.05. The number of nitrogens with one attached hydrogen (secondary N) is 2. The molecule has 1 amide bonds. The summed E-state index contributed by atoms with van der Waals surface area (Å²) in [5, 5.41) is 7.33. The zero-order valence-electron chi connectivity index (χ0n) is 12.9. The molecule has 1 aliphatic rings.